The van der Waals surface area contributed by atoms with Crippen LogP contribution in [0.4, 0.5) is 17.3 Å². The van der Waals surface area contributed by atoms with Gasteiger partial charge in [-0.05, 0) is 19.1 Å². The van der Waals surface area contributed by atoms with Crippen molar-refractivity contribution in [2.45, 2.75) is 6.92 Å². The minimum atomic E-state index is 0.617. The topological polar surface area (TPSA) is 80.8 Å². The van der Waals surface area contributed by atoms with E-state index in [9.17, 15) is 0 Å². The number of hydrogen-bond donors (Lipinski definition) is 3. The fourth-order valence-electron chi connectivity index (χ4n) is 1.45. The van der Waals surface area contributed by atoms with Gasteiger partial charge in [0.2, 0.25) is 0 Å². The first-order valence-electron chi connectivity index (χ1n) is 4.90. The van der Waals surface area contributed by atoms with Crippen molar-refractivity contribution in [3.63, 3.8) is 0 Å². The molecule has 0 aliphatic rings. The molecule has 0 aliphatic heterocycles. The third kappa shape index (κ3) is 2.12. The van der Waals surface area contributed by atoms with Gasteiger partial charge < -0.3 is 10.7 Å². The molecule has 0 radical (unpaired) electrons. The van der Waals surface area contributed by atoms with Crippen LogP contribution < -0.4 is 16.6 Å². The van der Waals surface area contributed by atoms with Gasteiger partial charge >= 0.3 is 0 Å². The summed E-state index contributed by atoms with van der Waals surface area (Å²) < 4.78 is 1.75. The third-order valence-electron chi connectivity index (χ3n) is 2.17. The van der Waals surface area contributed by atoms with Crippen LogP contribution >= 0.6 is 0 Å². The monoisotopic (exact) mass is 218 g/mol. The molecule has 0 fully saturated rings. The number of nitrogens with two attached hydrogens (primary N) is 1. The maximum atomic E-state index is 5.29. The summed E-state index contributed by atoms with van der Waals surface area (Å²) in [7, 11) is 1.88. The number of anilines is 3. The molecule has 4 N–H and O–H groups in total. The molecule has 2 heterocycles. The number of nitrogen functional groups attached to an aromatic ring is 1. The largest absolute Gasteiger partial charge is 0.337 e. The van der Waals surface area contributed by atoms with Crippen LogP contribution in [0.3, 0.4) is 0 Å². The normalized spacial score (nSPS) is 10.2. The van der Waals surface area contributed by atoms with Gasteiger partial charge in [0.05, 0.1) is 11.4 Å². The Bertz CT molecular complexity index is 490. The highest BCUT2D eigenvalue weighted by Crippen LogP contribution is 2.18. The summed E-state index contributed by atoms with van der Waals surface area (Å²) in [4.78, 5) is 4.25. The quantitative estimate of drug-likeness (QED) is 0.532. The van der Waals surface area contributed by atoms with Crippen LogP contribution in [-0.2, 0) is 7.05 Å². The maximum absolute atomic E-state index is 5.29. The van der Waals surface area contributed by atoms with E-state index in [0.29, 0.717) is 5.82 Å². The molecule has 16 heavy (non-hydrogen) atoms. The van der Waals surface area contributed by atoms with Crippen molar-refractivity contribution < 1.29 is 0 Å². The second-order valence-corrected chi connectivity index (χ2v) is 3.48. The molecule has 0 saturated heterocycles. The number of nitrogens with one attached hydrogen (secondary N) is 2. The lowest BCUT2D eigenvalue weighted by molar-refractivity contribution is 0.756. The van der Waals surface area contributed by atoms with Crippen molar-refractivity contribution in [1.29, 1.82) is 0 Å². The number of aryl methyl sites for hydroxylation is 2. The number of hydrogen-bond acceptors (Lipinski definition) is 5. The van der Waals surface area contributed by atoms with E-state index in [4.69, 9.17) is 5.84 Å². The first kappa shape index (κ1) is 10.4. The zero-order valence-electron chi connectivity index (χ0n) is 9.23. The van der Waals surface area contributed by atoms with Crippen molar-refractivity contribution in [2.75, 3.05) is 10.7 Å². The molecule has 0 aliphatic carbocycles. The lowest BCUT2D eigenvalue weighted by Crippen LogP contribution is -2.08. The Hall–Kier alpha value is -2.08. The maximum Gasteiger partial charge on any atom is 0.142 e. The molecular weight excluding hydrogens is 204 g/mol. The second-order valence-electron chi connectivity index (χ2n) is 3.48. The summed E-state index contributed by atoms with van der Waals surface area (Å²) in [5, 5.41) is 7.41. The highest BCUT2D eigenvalue weighted by molar-refractivity contribution is 5.59. The van der Waals surface area contributed by atoms with Crippen molar-refractivity contribution in [3.8, 4) is 0 Å². The van der Waals surface area contributed by atoms with Crippen LogP contribution in [0.5, 0.6) is 0 Å². The van der Waals surface area contributed by atoms with Crippen molar-refractivity contribution in [1.82, 2.24) is 14.8 Å². The van der Waals surface area contributed by atoms with Crippen LogP contribution in [0.25, 0.3) is 0 Å². The Morgan fingerprint density at radius 3 is 2.69 bits per heavy atom. The number of hydrazine groups is 1. The molecule has 2 aromatic heterocycles. The Labute approximate surface area is 93.5 Å². The first-order valence-corrected chi connectivity index (χ1v) is 4.90. The third-order valence-corrected chi connectivity index (χ3v) is 2.17. The molecule has 2 rings (SSSR count). The van der Waals surface area contributed by atoms with Gasteiger partial charge in [-0.1, -0.05) is 6.07 Å². The van der Waals surface area contributed by atoms with Crippen molar-refractivity contribution in [2.24, 2.45) is 12.9 Å². The highest BCUT2D eigenvalue weighted by Gasteiger charge is 2.03. The van der Waals surface area contributed by atoms with E-state index in [1.807, 2.05) is 32.3 Å². The summed E-state index contributed by atoms with van der Waals surface area (Å²) >= 11 is 0. The molecule has 0 aromatic carbocycles. The fourth-order valence-corrected chi connectivity index (χ4v) is 1.45. The fraction of sp³-hybridized carbons (Fsp3) is 0.200. The summed E-state index contributed by atoms with van der Waals surface area (Å²) in [6.45, 7) is 1.94. The summed E-state index contributed by atoms with van der Waals surface area (Å²) in [6.07, 6.45) is 1.90. The summed E-state index contributed by atoms with van der Waals surface area (Å²) in [5.74, 6) is 6.63. The average Bonchev–Trinajstić information content (AvgIpc) is 2.58. The minimum Gasteiger partial charge on any atom is -0.337 e. The Kier molecular flexibility index (Phi) is 2.74. The molecule has 6 nitrogen and oxygen atoms in total. The van der Waals surface area contributed by atoms with E-state index >= 15 is 0 Å². The van der Waals surface area contributed by atoms with Gasteiger partial charge in [-0.15, -0.1) is 0 Å². The Morgan fingerprint density at radius 1 is 1.31 bits per heavy atom. The first-order chi connectivity index (χ1) is 7.69. The van der Waals surface area contributed by atoms with E-state index in [-0.39, 0.29) is 0 Å². The predicted molar refractivity (Wildman–Crippen MR) is 63.3 cm³/mol. The zero-order chi connectivity index (χ0) is 11.5. The Balaban J connectivity index is 2.23. The van der Waals surface area contributed by atoms with Crippen molar-refractivity contribution in [3.05, 3.63) is 30.1 Å². The molecule has 0 saturated carbocycles. The summed E-state index contributed by atoms with van der Waals surface area (Å²) in [5.41, 5.74) is 4.36. The molecular formula is C10H14N6. The van der Waals surface area contributed by atoms with E-state index in [2.05, 4.69) is 20.8 Å². The number of pyridine rings is 1. The molecule has 0 amide bonds. The molecule has 0 atom stereocenters. The van der Waals surface area contributed by atoms with Crippen LogP contribution in [-0.4, -0.2) is 14.8 Å². The number of rotatable bonds is 3. The number of nitrogens with zero attached hydrogens (tertiary/aromatic N) is 3. The SMILES string of the molecule is Cc1nn(C)cc1Nc1cccc(NN)n1. The van der Waals surface area contributed by atoms with Gasteiger partial charge in [-0.3, -0.25) is 4.68 Å². The van der Waals surface area contributed by atoms with Crippen molar-refractivity contribution >= 4 is 17.3 Å². The lowest BCUT2D eigenvalue weighted by Gasteiger charge is -2.05. The zero-order valence-corrected chi connectivity index (χ0v) is 9.23. The van der Waals surface area contributed by atoms with E-state index < -0.39 is 0 Å². The molecule has 0 spiro atoms. The predicted octanol–water partition coefficient (Wildman–Crippen LogP) is 1.15. The molecule has 2 aromatic rings. The lowest BCUT2D eigenvalue weighted by atomic mass is 10.4. The average molecular weight is 218 g/mol. The van der Waals surface area contributed by atoms with Crippen LogP contribution in [0, 0.1) is 6.92 Å². The van der Waals surface area contributed by atoms with E-state index in [0.717, 1.165) is 17.2 Å². The molecule has 0 bridgehead atoms. The van der Waals surface area contributed by atoms with E-state index in [1.54, 1.807) is 10.7 Å². The Morgan fingerprint density at radius 2 is 2.06 bits per heavy atom. The standard InChI is InChI=1S/C10H14N6/c1-7-8(6-16(2)15-7)12-9-4-3-5-10(13-9)14-11/h3-6H,11H2,1-2H3,(H2,12,13,14). The smallest absolute Gasteiger partial charge is 0.142 e. The number of aromatic nitrogens is 3. The second kappa shape index (κ2) is 4.19. The van der Waals surface area contributed by atoms with Gasteiger partial charge in [-0.25, -0.2) is 10.8 Å². The van der Waals surface area contributed by atoms with Crippen LogP contribution in [0.1, 0.15) is 5.69 Å². The molecule has 6 heteroatoms. The molecule has 0 unspecified atom stereocenters. The van der Waals surface area contributed by atoms with Gasteiger partial charge in [0, 0.05) is 13.2 Å². The molecule has 84 valence electrons. The highest BCUT2D eigenvalue weighted by atomic mass is 15.3. The van der Waals surface area contributed by atoms with Crippen LogP contribution in [0.15, 0.2) is 24.4 Å². The minimum absolute atomic E-state index is 0.617. The van der Waals surface area contributed by atoms with Gasteiger partial charge in [0.25, 0.3) is 0 Å². The van der Waals surface area contributed by atoms with Gasteiger partial charge in [-0.2, -0.15) is 5.10 Å². The van der Waals surface area contributed by atoms with Gasteiger partial charge in [0.15, 0.2) is 0 Å². The van der Waals surface area contributed by atoms with Crippen LogP contribution in [0.2, 0.25) is 0 Å². The summed E-state index contributed by atoms with van der Waals surface area (Å²) in [6, 6.07) is 5.53. The van der Waals surface area contributed by atoms with Gasteiger partial charge in [0.1, 0.15) is 11.6 Å². The van der Waals surface area contributed by atoms with E-state index in [1.165, 1.54) is 0 Å².